The Morgan fingerprint density at radius 2 is 2.20 bits per heavy atom. The molecular weight excluding hydrogens is 232 g/mol. The molecule has 0 saturated carbocycles. The zero-order valence-corrected chi connectivity index (χ0v) is 9.05. The largest absolute Gasteiger partial charge is 0.463 e. The van der Waals surface area contributed by atoms with Gasteiger partial charge in [0.15, 0.2) is 5.76 Å². The summed E-state index contributed by atoms with van der Waals surface area (Å²) < 4.78 is 6.30. The van der Waals surface area contributed by atoms with Gasteiger partial charge in [-0.15, -0.1) is 11.3 Å². The summed E-state index contributed by atoms with van der Waals surface area (Å²) in [5.74, 6) is 0.715. The van der Waals surface area contributed by atoms with Gasteiger partial charge in [0.05, 0.1) is 16.5 Å². The minimum absolute atomic E-state index is 0.243. The summed E-state index contributed by atoms with van der Waals surface area (Å²) in [5.41, 5.74) is 1.61. The van der Waals surface area contributed by atoms with Gasteiger partial charge < -0.3 is 4.42 Å². The quantitative estimate of drug-likeness (QED) is 0.606. The molecule has 0 amide bonds. The van der Waals surface area contributed by atoms with Gasteiger partial charge in [-0.1, -0.05) is 0 Å². The van der Waals surface area contributed by atoms with Crippen LogP contribution in [0.3, 0.4) is 0 Å². The predicted molar refractivity (Wildman–Crippen MR) is 60.1 cm³/mol. The Balaban J connectivity index is 2.38. The third kappa shape index (κ3) is 1.42. The summed E-state index contributed by atoms with van der Waals surface area (Å²) in [6.45, 7) is 0. The first-order valence-corrected chi connectivity index (χ1v) is 5.55. The second-order valence-electron chi connectivity index (χ2n) is 2.95. The molecule has 15 heavy (non-hydrogen) atoms. The summed E-state index contributed by atoms with van der Waals surface area (Å²) in [4.78, 5) is 8.32. The van der Waals surface area contributed by atoms with E-state index in [0.29, 0.717) is 5.76 Å². The number of hydrogen-bond acceptors (Lipinski definition) is 4. The van der Waals surface area contributed by atoms with Crippen LogP contribution in [0.4, 0.5) is 0 Å². The molecular formula is C10H5ClN2OS. The smallest absolute Gasteiger partial charge is 0.223 e. The lowest BCUT2D eigenvalue weighted by atomic mass is 10.3. The van der Waals surface area contributed by atoms with Crippen LogP contribution >= 0.6 is 22.9 Å². The van der Waals surface area contributed by atoms with Crippen molar-refractivity contribution >= 4 is 33.2 Å². The normalized spacial score (nSPS) is 11.0. The first kappa shape index (κ1) is 8.88. The highest BCUT2D eigenvalue weighted by Crippen LogP contribution is 2.31. The molecule has 0 unspecified atom stereocenters. The van der Waals surface area contributed by atoms with Gasteiger partial charge in [0.1, 0.15) is 5.69 Å². The third-order valence-corrected chi connectivity index (χ3v) is 3.11. The van der Waals surface area contributed by atoms with Crippen molar-refractivity contribution in [3.8, 4) is 11.5 Å². The number of halogens is 1. The molecule has 74 valence electrons. The van der Waals surface area contributed by atoms with Gasteiger partial charge in [0.25, 0.3) is 0 Å². The minimum atomic E-state index is 0.243. The van der Waals surface area contributed by atoms with Gasteiger partial charge >= 0.3 is 0 Å². The van der Waals surface area contributed by atoms with Crippen molar-refractivity contribution in [3.05, 3.63) is 35.1 Å². The van der Waals surface area contributed by atoms with Crippen LogP contribution in [0.15, 0.2) is 34.3 Å². The van der Waals surface area contributed by atoms with E-state index in [-0.39, 0.29) is 5.28 Å². The zero-order chi connectivity index (χ0) is 10.3. The summed E-state index contributed by atoms with van der Waals surface area (Å²) >= 11 is 7.42. The first-order chi connectivity index (χ1) is 7.34. The number of furan rings is 1. The molecule has 3 aromatic rings. The Morgan fingerprint density at radius 1 is 1.27 bits per heavy atom. The molecule has 0 atom stereocenters. The average molecular weight is 237 g/mol. The molecule has 5 heteroatoms. The highest BCUT2D eigenvalue weighted by molar-refractivity contribution is 7.17. The lowest BCUT2D eigenvalue weighted by Crippen LogP contribution is -1.86. The van der Waals surface area contributed by atoms with Crippen molar-refractivity contribution < 1.29 is 4.42 Å². The lowest BCUT2D eigenvalue weighted by molar-refractivity contribution is 0.580. The van der Waals surface area contributed by atoms with Crippen LogP contribution in [-0.2, 0) is 0 Å². The minimum Gasteiger partial charge on any atom is -0.463 e. The summed E-state index contributed by atoms with van der Waals surface area (Å²) in [7, 11) is 0. The second kappa shape index (κ2) is 3.32. The van der Waals surface area contributed by atoms with Gasteiger partial charge in [-0.2, -0.15) is 0 Å². The van der Waals surface area contributed by atoms with Crippen LogP contribution < -0.4 is 0 Å². The predicted octanol–water partition coefficient (Wildman–Crippen LogP) is 3.60. The van der Waals surface area contributed by atoms with E-state index in [9.17, 15) is 0 Å². The monoisotopic (exact) mass is 236 g/mol. The molecule has 0 fully saturated rings. The molecule has 0 saturated heterocycles. The van der Waals surface area contributed by atoms with Gasteiger partial charge in [-0.25, -0.2) is 9.97 Å². The molecule has 0 radical (unpaired) electrons. The van der Waals surface area contributed by atoms with Crippen molar-refractivity contribution in [2.45, 2.75) is 0 Å². The van der Waals surface area contributed by atoms with E-state index in [1.54, 1.807) is 17.6 Å². The van der Waals surface area contributed by atoms with Gasteiger partial charge in [-0.3, -0.25) is 0 Å². The average Bonchev–Trinajstić information content (AvgIpc) is 2.86. The Labute approximate surface area is 94.3 Å². The van der Waals surface area contributed by atoms with E-state index in [1.807, 2.05) is 23.6 Å². The number of thiophene rings is 1. The molecule has 0 spiro atoms. The van der Waals surface area contributed by atoms with Crippen LogP contribution in [-0.4, -0.2) is 9.97 Å². The fourth-order valence-electron chi connectivity index (χ4n) is 1.42. The van der Waals surface area contributed by atoms with E-state index >= 15 is 0 Å². The molecule has 0 aliphatic rings. The maximum Gasteiger partial charge on any atom is 0.223 e. The topological polar surface area (TPSA) is 38.9 Å². The number of nitrogens with zero attached hydrogens (tertiary/aromatic N) is 2. The van der Waals surface area contributed by atoms with Crippen molar-refractivity contribution in [1.29, 1.82) is 0 Å². The number of rotatable bonds is 1. The highest BCUT2D eigenvalue weighted by Gasteiger charge is 2.11. The third-order valence-electron chi connectivity index (χ3n) is 2.03. The molecule has 0 bridgehead atoms. The molecule has 3 rings (SSSR count). The Kier molecular flexibility index (Phi) is 1.97. The van der Waals surface area contributed by atoms with Crippen LogP contribution in [0.5, 0.6) is 0 Å². The maximum absolute atomic E-state index is 5.84. The number of aromatic nitrogens is 2. The summed E-state index contributed by atoms with van der Waals surface area (Å²) in [6.07, 6.45) is 1.62. The lowest BCUT2D eigenvalue weighted by Gasteiger charge is -1.98. The fraction of sp³-hybridized carbons (Fsp3) is 0. The molecule has 0 aliphatic heterocycles. The number of fused-ring (bicyclic) bond motifs is 1. The zero-order valence-electron chi connectivity index (χ0n) is 7.48. The molecule has 0 aromatic carbocycles. The van der Waals surface area contributed by atoms with Crippen molar-refractivity contribution in [2.24, 2.45) is 0 Å². The van der Waals surface area contributed by atoms with E-state index < -0.39 is 0 Å². The van der Waals surface area contributed by atoms with Crippen LogP contribution in [0.2, 0.25) is 5.28 Å². The SMILES string of the molecule is Clc1nc(-c2ccco2)c2sccc2n1. The summed E-state index contributed by atoms with van der Waals surface area (Å²) in [6, 6.07) is 5.60. The highest BCUT2D eigenvalue weighted by atomic mass is 35.5. The molecule has 3 nitrogen and oxygen atoms in total. The Bertz CT molecular complexity index is 603. The van der Waals surface area contributed by atoms with Crippen LogP contribution in [0, 0.1) is 0 Å². The molecule has 0 aliphatic carbocycles. The van der Waals surface area contributed by atoms with Crippen LogP contribution in [0.1, 0.15) is 0 Å². The molecule has 3 heterocycles. The van der Waals surface area contributed by atoms with Crippen LogP contribution in [0.25, 0.3) is 21.7 Å². The maximum atomic E-state index is 5.84. The second-order valence-corrected chi connectivity index (χ2v) is 4.21. The van der Waals surface area contributed by atoms with Crippen molar-refractivity contribution in [1.82, 2.24) is 9.97 Å². The van der Waals surface area contributed by atoms with Crippen molar-refractivity contribution in [3.63, 3.8) is 0 Å². The summed E-state index contributed by atoms with van der Waals surface area (Å²) in [5, 5.41) is 2.20. The van der Waals surface area contributed by atoms with Crippen molar-refractivity contribution in [2.75, 3.05) is 0 Å². The number of hydrogen-bond donors (Lipinski definition) is 0. The van der Waals surface area contributed by atoms with Gasteiger partial charge in [0.2, 0.25) is 5.28 Å². The fourth-order valence-corrected chi connectivity index (χ4v) is 2.42. The Morgan fingerprint density at radius 3 is 3.00 bits per heavy atom. The first-order valence-electron chi connectivity index (χ1n) is 4.29. The molecule has 3 aromatic heterocycles. The van der Waals surface area contributed by atoms with Gasteiger partial charge in [0, 0.05) is 0 Å². The standard InChI is InChI=1S/C10H5ClN2OS/c11-10-12-6-3-5-15-9(6)8(13-10)7-2-1-4-14-7/h1-5H. The van der Waals surface area contributed by atoms with E-state index in [2.05, 4.69) is 9.97 Å². The van der Waals surface area contributed by atoms with E-state index in [1.165, 1.54) is 0 Å². The molecule has 0 N–H and O–H groups in total. The van der Waals surface area contributed by atoms with E-state index in [4.69, 9.17) is 16.0 Å². The Hall–Kier alpha value is -1.39. The van der Waals surface area contributed by atoms with Gasteiger partial charge in [-0.05, 0) is 35.2 Å². The van der Waals surface area contributed by atoms with E-state index in [0.717, 1.165) is 15.9 Å².